The number of esters is 2. The Labute approximate surface area is 167 Å². The molecule has 1 N–H and O–H groups in total. The summed E-state index contributed by atoms with van der Waals surface area (Å²) >= 11 is 0. The molecule has 2 heterocycles. The van der Waals surface area contributed by atoms with Crippen molar-refractivity contribution in [3.05, 3.63) is 68.3 Å². The maximum Gasteiger partial charge on any atom is 0.355 e. The van der Waals surface area contributed by atoms with Crippen molar-refractivity contribution >= 4 is 22.9 Å². The molecule has 152 valence electrons. The minimum Gasteiger partial charge on any atom is -0.465 e. The molecule has 29 heavy (non-hydrogen) atoms. The number of carbonyl (C=O) groups excluding carboxylic acids is 2. The summed E-state index contributed by atoms with van der Waals surface area (Å²) in [6.07, 6.45) is 1.34. The third-order valence-corrected chi connectivity index (χ3v) is 4.94. The normalized spacial score (nSPS) is 10.9. The number of hydrogen-bond donors (Lipinski definition) is 1. The maximum atomic E-state index is 12.6. The summed E-state index contributed by atoms with van der Waals surface area (Å²) in [7, 11) is 1.29. The molecule has 0 bridgehead atoms. The average Bonchev–Trinajstić information content (AvgIpc) is 3.06. The van der Waals surface area contributed by atoms with Crippen LogP contribution in [0.4, 0.5) is 0 Å². The van der Waals surface area contributed by atoms with E-state index in [9.17, 15) is 14.4 Å². The number of carbonyl (C=O) groups is 2. The van der Waals surface area contributed by atoms with E-state index in [0.29, 0.717) is 39.8 Å². The predicted octanol–water partition coefficient (Wildman–Crippen LogP) is 3.70. The molecule has 0 aliphatic carbocycles. The zero-order valence-corrected chi connectivity index (χ0v) is 16.9. The van der Waals surface area contributed by atoms with E-state index in [1.165, 1.54) is 13.2 Å². The number of aromatic nitrogens is 1. The molecular formula is C22H23NO6. The highest BCUT2D eigenvalue weighted by molar-refractivity contribution is 5.98. The Kier molecular flexibility index (Phi) is 5.87. The summed E-state index contributed by atoms with van der Waals surface area (Å²) in [5, 5.41) is 0.710. The molecule has 0 aliphatic rings. The van der Waals surface area contributed by atoms with Gasteiger partial charge in [-0.3, -0.25) is 0 Å². The Morgan fingerprint density at radius 1 is 1.10 bits per heavy atom. The van der Waals surface area contributed by atoms with Crippen molar-refractivity contribution in [2.24, 2.45) is 0 Å². The van der Waals surface area contributed by atoms with E-state index in [4.69, 9.17) is 13.9 Å². The van der Waals surface area contributed by atoms with Gasteiger partial charge in [0.05, 0.1) is 12.7 Å². The predicted molar refractivity (Wildman–Crippen MR) is 107 cm³/mol. The van der Waals surface area contributed by atoms with E-state index in [1.54, 1.807) is 6.92 Å². The highest BCUT2D eigenvalue weighted by Crippen LogP contribution is 2.23. The van der Waals surface area contributed by atoms with E-state index >= 15 is 0 Å². The molecule has 0 amide bonds. The topological polar surface area (TPSA) is 98.6 Å². The number of benzene rings is 1. The first-order chi connectivity index (χ1) is 13.9. The Morgan fingerprint density at radius 2 is 1.86 bits per heavy atom. The quantitative estimate of drug-likeness (QED) is 0.503. The molecule has 7 heteroatoms. The smallest absolute Gasteiger partial charge is 0.355 e. The van der Waals surface area contributed by atoms with Crippen molar-refractivity contribution in [2.45, 2.75) is 40.2 Å². The van der Waals surface area contributed by atoms with Gasteiger partial charge in [-0.1, -0.05) is 26.0 Å². The molecule has 0 spiro atoms. The average molecular weight is 397 g/mol. The van der Waals surface area contributed by atoms with Gasteiger partial charge in [-0.15, -0.1) is 0 Å². The summed E-state index contributed by atoms with van der Waals surface area (Å²) in [4.78, 5) is 39.5. The number of H-pyrrole nitrogens is 1. The van der Waals surface area contributed by atoms with Crippen molar-refractivity contribution < 1.29 is 23.5 Å². The number of methoxy groups -OCH3 is 1. The zero-order chi connectivity index (χ0) is 21.1. The molecule has 7 nitrogen and oxygen atoms in total. The third kappa shape index (κ3) is 3.94. The van der Waals surface area contributed by atoms with Crippen LogP contribution in [0.3, 0.4) is 0 Å². The second-order valence-electron chi connectivity index (χ2n) is 6.67. The number of hydrogen-bond acceptors (Lipinski definition) is 6. The highest BCUT2D eigenvalue weighted by atomic mass is 16.5. The van der Waals surface area contributed by atoms with E-state index in [-0.39, 0.29) is 12.3 Å². The van der Waals surface area contributed by atoms with Crippen LogP contribution in [0.5, 0.6) is 0 Å². The van der Waals surface area contributed by atoms with Crippen molar-refractivity contribution in [3.63, 3.8) is 0 Å². The molecule has 3 rings (SSSR count). The molecule has 0 atom stereocenters. The number of aryl methyl sites for hydroxylation is 2. The number of ether oxygens (including phenoxy) is 2. The molecular weight excluding hydrogens is 374 g/mol. The Hall–Kier alpha value is -3.35. The summed E-state index contributed by atoms with van der Waals surface area (Å²) in [5.74, 6) is -1.12. The molecule has 0 fully saturated rings. The molecule has 2 aromatic heterocycles. The molecule has 1 aromatic carbocycles. The highest BCUT2D eigenvalue weighted by Gasteiger charge is 2.24. The number of nitrogens with one attached hydrogen (secondary N) is 1. The number of rotatable bonds is 6. The van der Waals surface area contributed by atoms with Crippen LogP contribution < -0.4 is 5.63 Å². The van der Waals surface area contributed by atoms with Crippen LogP contribution in [0, 0.1) is 6.92 Å². The summed E-state index contributed by atoms with van der Waals surface area (Å²) in [6.45, 7) is 5.45. The second-order valence-corrected chi connectivity index (χ2v) is 6.67. The third-order valence-electron chi connectivity index (χ3n) is 4.94. The van der Waals surface area contributed by atoms with Crippen LogP contribution >= 0.6 is 0 Å². The van der Waals surface area contributed by atoms with Gasteiger partial charge in [0.2, 0.25) is 0 Å². The first kappa shape index (κ1) is 20.4. The lowest BCUT2D eigenvalue weighted by atomic mass is 10.1. The lowest BCUT2D eigenvalue weighted by molar-refractivity contribution is 0.0466. The molecule has 0 saturated heterocycles. The second kappa shape index (κ2) is 8.34. The van der Waals surface area contributed by atoms with Crippen LogP contribution in [0.15, 0.2) is 33.5 Å². The number of aromatic amines is 1. The van der Waals surface area contributed by atoms with Gasteiger partial charge in [0.1, 0.15) is 17.9 Å². The summed E-state index contributed by atoms with van der Waals surface area (Å²) in [6, 6.07) is 6.93. The number of fused-ring (bicyclic) bond motifs is 1. The maximum absolute atomic E-state index is 12.6. The summed E-state index contributed by atoms with van der Waals surface area (Å²) < 4.78 is 15.5. The van der Waals surface area contributed by atoms with Gasteiger partial charge in [-0.25, -0.2) is 14.4 Å². The van der Waals surface area contributed by atoms with Gasteiger partial charge < -0.3 is 18.9 Å². The molecule has 0 unspecified atom stereocenters. The Morgan fingerprint density at radius 3 is 2.52 bits per heavy atom. The van der Waals surface area contributed by atoms with Crippen molar-refractivity contribution in [1.82, 2.24) is 4.98 Å². The van der Waals surface area contributed by atoms with Crippen LogP contribution in [0.2, 0.25) is 0 Å². The van der Waals surface area contributed by atoms with Crippen LogP contribution in [0.1, 0.15) is 57.1 Å². The van der Waals surface area contributed by atoms with Crippen molar-refractivity contribution in [3.8, 4) is 0 Å². The van der Waals surface area contributed by atoms with Crippen LogP contribution in [0.25, 0.3) is 11.0 Å². The Bertz CT molecular complexity index is 1140. The fourth-order valence-electron chi connectivity index (χ4n) is 3.34. The molecule has 0 aliphatic heterocycles. The first-order valence-electron chi connectivity index (χ1n) is 9.42. The minimum absolute atomic E-state index is 0.0973. The summed E-state index contributed by atoms with van der Waals surface area (Å²) in [5.41, 5.74) is 3.18. The van der Waals surface area contributed by atoms with Crippen LogP contribution in [-0.2, 0) is 28.9 Å². The van der Waals surface area contributed by atoms with Gasteiger partial charge in [-0.05, 0) is 37.0 Å². The van der Waals surface area contributed by atoms with Gasteiger partial charge in [0, 0.05) is 22.7 Å². The van der Waals surface area contributed by atoms with Gasteiger partial charge in [-0.2, -0.15) is 0 Å². The van der Waals surface area contributed by atoms with Crippen molar-refractivity contribution in [1.29, 1.82) is 0 Å². The molecule has 0 radical (unpaired) electrons. The van der Waals surface area contributed by atoms with E-state index in [1.807, 2.05) is 32.0 Å². The molecule has 3 aromatic rings. The zero-order valence-electron chi connectivity index (χ0n) is 16.9. The van der Waals surface area contributed by atoms with Gasteiger partial charge in [0.15, 0.2) is 0 Å². The largest absolute Gasteiger partial charge is 0.465 e. The fourth-order valence-corrected chi connectivity index (χ4v) is 3.34. The SMILES string of the molecule is CCc1ccc2c(COC(=O)c3[nH]c(CC)c(C(=O)OC)c3C)cc(=O)oc2c1. The fraction of sp³-hybridized carbons (Fsp3) is 0.318. The van der Waals surface area contributed by atoms with E-state index in [2.05, 4.69) is 4.98 Å². The standard InChI is InChI=1S/C22H23NO6/c1-5-13-7-8-15-14(10-18(24)29-17(15)9-13)11-28-22(26)20-12(3)19(21(25)27-4)16(6-2)23-20/h7-10,23H,5-6,11H2,1-4H3. The monoisotopic (exact) mass is 397 g/mol. The van der Waals surface area contributed by atoms with Crippen molar-refractivity contribution in [2.75, 3.05) is 7.11 Å². The lowest BCUT2D eigenvalue weighted by Crippen LogP contribution is -2.10. The van der Waals surface area contributed by atoms with Gasteiger partial charge >= 0.3 is 17.6 Å². The van der Waals surface area contributed by atoms with E-state index < -0.39 is 17.6 Å². The minimum atomic E-state index is -0.612. The molecule has 0 saturated carbocycles. The van der Waals surface area contributed by atoms with E-state index in [0.717, 1.165) is 12.0 Å². The Balaban J connectivity index is 1.89. The van der Waals surface area contributed by atoms with Gasteiger partial charge in [0.25, 0.3) is 0 Å². The lowest BCUT2D eigenvalue weighted by Gasteiger charge is -2.08. The van der Waals surface area contributed by atoms with Crippen LogP contribution in [-0.4, -0.2) is 24.0 Å². The first-order valence-corrected chi connectivity index (χ1v) is 9.42.